The van der Waals surface area contributed by atoms with E-state index in [0.717, 1.165) is 49.7 Å². The Kier molecular flexibility index (Phi) is 8.07. The predicted molar refractivity (Wildman–Crippen MR) is 124 cm³/mol. The molecule has 0 aliphatic carbocycles. The molecule has 3 heterocycles. The molecule has 7 nitrogen and oxygen atoms in total. The molecule has 1 fully saturated rings. The van der Waals surface area contributed by atoms with Crippen LogP contribution in [-0.4, -0.2) is 43.5 Å². The number of pyridine rings is 1. The summed E-state index contributed by atoms with van der Waals surface area (Å²) in [5.74, 6) is 1.86. The minimum absolute atomic E-state index is 0.110. The minimum atomic E-state index is -0.225. The van der Waals surface area contributed by atoms with Crippen LogP contribution in [0.4, 0.5) is 5.82 Å². The first-order chi connectivity index (χ1) is 14.6. The van der Waals surface area contributed by atoms with Crippen molar-refractivity contribution in [1.82, 2.24) is 15.6 Å². The first-order valence-electron chi connectivity index (χ1n) is 10.5. The SMILES string of the molecule is CN=C(NCc1cccnc1N1CCCC(C(N)=O)C1)NCC(C)Cc1cccs1. The number of nitrogens with two attached hydrogens (primary N) is 1. The van der Waals surface area contributed by atoms with Crippen LogP contribution in [0.25, 0.3) is 0 Å². The van der Waals surface area contributed by atoms with Crippen molar-refractivity contribution in [2.24, 2.45) is 22.6 Å². The minimum Gasteiger partial charge on any atom is -0.369 e. The van der Waals surface area contributed by atoms with Crippen LogP contribution in [0.5, 0.6) is 0 Å². The Balaban J connectivity index is 1.55. The lowest BCUT2D eigenvalue weighted by Crippen LogP contribution is -2.42. The highest BCUT2D eigenvalue weighted by Crippen LogP contribution is 2.24. The van der Waals surface area contributed by atoms with Gasteiger partial charge in [-0.15, -0.1) is 11.3 Å². The van der Waals surface area contributed by atoms with Gasteiger partial charge in [0, 0.05) is 49.9 Å². The van der Waals surface area contributed by atoms with Gasteiger partial charge in [-0.2, -0.15) is 0 Å². The topological polar surface area (TPSA) is 95.6 Å². The fraction of sp³-hybridized carbons (Fsp3) is 0.500. The van der Waals surface area contributed by atoms with E-state index in [-0.39, 0.29) is 11.8 Å². The van der Waals surface area contributed by atoms with Crippen LogP contribution in [0.3, 0.4) is 0 Å². The predicted octanol–water partition coefficient (Wildman–Crippen LogP) is 2.39. The van der Waals surface area contributed by atoms with Crippen LogP contribution in [-0.2, 0) is 17.8 Å². The first-order valence-corrected chi connectivity index (χ1v) is 11.4. The second-order valence-corrected chi connectivity index (χ2v) is 8.90. The molecule has 0 bridgehead atoms. The number of anilines is 1. The second-order valence-electron chi connectivity index (χ2n) is 7.87. The van der Waals surface area contributed by atoms with Crippen molar-refractivity contribution in [3.8, 4) is 0 Å². The van der Waals surface area contributed by atoms with E-state index in [1.54, 1.807) is 24.6 Å². The number of rotatable bonds is 8. The van der Waals surface area contributed by atoms with Crippen molar-refractivity contribution < 1.29 is 4.79 Å². The summed E-state index contributed by atoms with van der Waals surface area (Å²) in [4.78, 5) is 24.2. The summed E-state index contributed by atoms with van der Waals surface area (Å²) in [5, 5.41) is 8.94. The smallest absolute Gasteiger partial charge is 0.222 e. The zero-order valence-electron chi connectivity index (χ0n) is 17.8. The average Bonchev–Trinajstić information content (AvgIpc) is 3.27. The summed E-state index contributed by atoms with van der Waals surface area (Å²) in [7, 11) is 1.78. The number of nitrogens with one attached hydrogen (secondary N) is 2. The number of aromatic nitrogens is 1. The summed E-state index contributed by atoms with van der Waals surface area (Å²) in [6.45, 7) is 5.22. The average molecular weight is 429 g/mol. The van der Waals surface area contributed by atoms with E-state index < -0.39 is 0 Å². The van der Waals surface area contributed by atoms with Crippen molar-refractivity contribution in [3.63, 3.8) is 0 Å². The van der Waals surface area contributed by atoms with E-state index in [0.29, 0.717) is 19.0 Å². The molecular formula is C22H32N6OS. The molecule has 0 radical (unpaired) electrons. The van der Waals surface area contributed by atoms with Gasteiger partial charge in [-0.1, -0.05) is 19.1 Å². The number of piperidine rings is 1. The summed E-state index contributed by atoms with van der Waals surface area (Å²) in [5.41, 5.74) is 6.62. The Labute approximate surface area is 182 Å². The standard InChI is InChI=1S/C22H32N6OS/c1-16(12-19-8-5-11-30-19)13-26-22(24-2)27-14-17-6-3-9-25-21(17)28-10-4-7-18(15-28)20(23)29/h3,5-6,8-9,11,16,18H,4,7,10,12-15H2,1-2H3,(H2,23,29)(H2,24,26,27). The number of amides is 1. The van der Waals surface area contributed by atoms with Gasteiger partial charge in [0.15, 0.2) is 5.96 Å². The highest BCUT2D eigenvalue weighted by Gasteiger charge is 2.26. The van der Waals surface area contributed by atoms with Crippen molar-refractivity contribution in [3.05, 3.63) is 46.3 Å². The van der Waals surface area contributed by atoms with Crippen LogP contribution in [0.1, 0.15) is 30.2 Å². The van der Waals surface area contributed by atoms with Crippen LogP contribution in [0.2, 0.25) is 0 Å². The Hall–Kier alpha value is -2.61. The fourth-order valence-electron chi connectivity index (χ4n) is 3.77. The number of hydrogen-bond donors (Lipinski definition) is 3. The summed E-state index contributed by atoms with van der Waals surface area (Å²) in [6.07, 6.45) is 4.66. The van der Waals surface area contributed by atoms with Gasteiger partial charge >= 0.3 is 0 Å². The Morgan fingerprint density at radius 3 is 3.00 bits per heavy atom. The third-order valence-electron chi connectivity index (χ3n) is 5.41. The molecule has 0 saturated carbocycles. The number of aliphatic imine (C=N–C) groups is 1. The van der Waals surface area contributed by atoms with Crippen LogP contribution < -0.4 is 21.3 Å². The molecule has 0 aromatic carbocycles. The van der Waals surface area contributed by atoms with E-state index in [1.165, 1.54) is 4.88 Å². The molecule has 1 saturated heterocycles. The molecule has 8 heteroatoms. The molecule has 2 aromatic heterocycles. The molecule has 30 heavy (non-hydrogen) atoms. The largest absolute Gasteiger partial charge is 0.369 e. The van der Waals surface area contributed by atoms with Crippen molar-refractivity contribution >= 4 is 29.0 Å². The quantitative estimate of drug-likeness (QED) is 0.443. The molecule has 2 unspecified atom stereocenters. The summed E-state index contributed by atoms with van der Waals surface area (Å²) < 4.78 is 0. The van der Waals surface area contributed by atoms with Gasteiger partial charge in [-0.05, 0) is 42.7 Å². The number of hydrogen-bond acceptors (Lipinski definition) is 5. The summed E-state index contributed by atoms with van der Waals surface area (Å²) in [6, 6.07) is 8.28. The number of primary amides is 1. The second kappa shape index (κ2) is 11.0. The number of nitrogens with zero attached hydrogens (tertiary/aromatic N) is 3. The Morgan fingerprint density at radius 1 is 1.40 bits per heavy atom. The maximum Gasteiger partial charge on any atom is 0.222 e. The molecule has 4 N–H and O–H groups in total. The molecule has 1 aliphatic rings. The molecule has 2 aromatic rings. The molecule has 1 aliphatic heterocycles. The molecule has 2 atom stereocenters. The molecule has 162 valence electrons. The van der Waals surface area contributed by atoms with Crippen molar-refractivity contribution in [2.45, 2.75) is 32.7 Å². The van der Waals surface area contributed by atoms with Gasteiger partial charge in [-0.25, -0.2) is 4.98 Å². The lowest BCUT2D eigenvalue weighted by molar-refractivity contribution is -0.122. The van der Waals surface area contributed by atoms with Crippen LogP contribution in [0.15, 0.2) is 40.8 Å². The van der Waals surface area contributed by atoms with Gasteiger partial charge in [0.05, 0.1) is 5.92 Å². The van der Waals surface area contributed by atoms with Gasteiger partial charge in [-0.3, -0.25) is 9.79 Å². The van der Waals surface area contributed by atoms with Crippen molar-refractivity contribution in [1.29, 1.82) is 0 Å². The van der Waals surface area contributed by atoms with E-state index in [4.69, 9.17) is 5.73 Å². The third kappa shape index (κ3) is 6.19. The van der Waals surface area contributed by atoms with E-state index >= 15 is 0 Å². The van der Waals surface area contributed by atoms with Gasteiger partial charge in [0.2, 0.25) is 5.91 Å². The lowest BCUT2D eigenvalue weighted by Gasteiger charge is -2.33. The number of carbonyl (C=O) groups excluding carboxylic acids is 1. The first kappa shape index (κ1) is 22.1. The highest BCUT2D eigenvalue weighted by molar-refractivity contribution is 7.09. The monoisotopic (exact) mass is 428 g/mol. The van der Waals surface area contributed by atoms with Gasteiger partial charge in [0.25, 0.3) is 0 Å². The highest BCUT2D eigenvalue weighted by atomic mass is 32.1. The lowest BCUT2D eigenvalue weighted by atomic mass is 9.97. The van der Waals surface area contributed by atoms with E-state index in [1.807, 2.05) is 6.07 Å². The maximum atomic E-state index is 11.6. The van der Waals surface area contributed by atoms with E-state index in [9.17, 15) is 4.79 Å². The number of guanidine groups is 1. The van der Waals surface area contributed by atoms with Gasteiger partial charge < -0.3 is 21.3 Å². The van der Waals surface area contributed by atoms with Crippen molar-refractivity contribution in [2.75, 3.05) is 31.6 Å². The van der Waals surface area contributed by atoms with Gasteiger partial charge in [0.1, 0.15) is 5.82 Å². The van der Waals surface area contributed by atoms with Crippen LogP contribution >= 0.6 is 11.3 Å². The molecular weight excluding hydrogens is 396 g/mol. The number of thiophene rings is 1. The molecule has 3 rings (SSSR count). The molecule has 1 amide bonds. The third-order valence-corrected chi connectivity index (χ3v) is 6.31. The normalized spacial score (nSPS) is 18.1. The molecule has 0 spiro atoms. The fourth-order valence-corrected chi connectivity index (χ4v) is 4.64. The Morgan fingerprint density at radius 2 is 2.27 bits per heavy atom. The van der Waals surface area contributed by atoms with Crippen LogP contribution in [0, 0.1) is 11.8 Å². The number of carbonyl (C=O) groups is 1. The zero-order chi connectivity index (χ0) is 21.3. The summed E-state index contributed by atoms with van der Waals surface area (Å²) >= 11 is 1.80. The maximum absolute atomic E-state index is 11.6. The Bertz CT molecular complexity index is 838. The zero-order valence-corrected chi connectivity index (χ0v) is 18.6. The van der Waals surface area contributed by atoms with E-state index in [2.05, 4.69) is 56.0 Å².